The second kappa shape index (κ2) is 3.55. The van der Waals surface area contributed by atoms with Gasteiger partial charge < -0.3 is 11.1 Å². The van der Waals surface area contributed by atoms with Crippen LogP contribution in [0.3, 0.4) is 0 Å². The van der Waals surface area contributed by atoms with Crippen LogP contribution >= 0.6 is 0 Å². The molecule has 1 saturated heterocycles. The van der Waals surface area contributed by atoms with Crippen molar-refractivity contribution in [2.24, 2.45) is 11.7 Å². The average molecular weight is 139 g/mol. The Morgan fingerprint density at radius 1 is 1.50 bits per heavy atom. The molecule has 1 rings (SSSR count). The van der Waals surface area contributed by atoms with Crippen molar-refractivity contribution in [1.82, 2.24) is 5.32 Å². The van der Waals surface area contributed by atoms with Gasteiger partial charge in [0, 0.05) is 0 Å². The summed E-state index contributed by atoms with van der Waals surface area (Å²) in [5, 5.41) is 11.7. The highest BCUT2D eigenvalue weighted by molar-refractivity contribution is 4.93. The minimum absolute atomic E-state index is 0.248. The van der Waals surface area contributed by atoms with Crippen LogP contribution in [0.4, 0.5) is 0 Å². The second-order valence-electron chi connectivity index (χ2n) is 2.74. The molecule has 0 aromatic carbocycles. The van der Waals surface area contributed by atoms with Gasteiger partial charge in [0.2, 0.25) is 0 Å². The molecule has 3 N–H and O–H groups in total. The molecule has 0 spiro atoms. The van der Waals surface area contributed by atoms with Gasteiger partial charge in [0.25, 0.3) is 0 Å². The first kappa shape index (κ1) is 7.52. The van der Waals surface area contributed by atoms with Gasteiger partial charge in [0.1, 0.15) is 0 Å². The summed E-state index contributed by atoms with van der Waals surface area (Å²) in [6.07, 6.45) is 2.10. The molecule has 56 valence electrons. The van der Waals surface area contributed by atoms with E-state index in [1.807, 2.05) is 0 Å². The van der Waals surface area contributed by atoms with Crippen molar-refractivity contribution in [3.05, 3.63) is 0 Å². The Bertz CT molecular complexity index is 132. The summed E-state index contributed by atoms with van der Waals surface area (Å²) >= 11 is 0. The molecular weight excluding hydrogens is 126 g/mol. The number of hydrogen-bond donors (Lipinski definition) is 2. The van der Waals surface area contributed by atoms with Crippen LogP contribution in [0.15, 0.2) is 0 Å². The van der Waals surface area contributed by atoms with E-state index in [0.717, 1.165) is 25.9 Å². The van der Waals surface area contributed by atoms with E-state index in [4.69, 9.17) is 11.0 Å². The standard InChI is InChI=1S/C7H13N3/c8-5-7(9)6-1-3-10-4-2-6/h6-7,10H,1-4,9H2. The van der Waals surface area contributed by atoms with Crippen LogP contribution in [-0.2, 0) is 0 Å². The number of piperidine rings is 1. The lowest BCUT2D eigenvalue weighted by Crippen LogP contribution is -2.37. The molecule has 0 saturated carbocycles. The van der Waals surface area contributed by atoms with E-state index in [2.05, 4.69) is 11.4 Å². The van der Waals surface area contributed by atoms with Crippen molar-refractivity contribution < 1.29 is 0 Å². The maximum Gasteiger partial charge on any atom is 0.0957 e. The first-order valence-electron chi connectivity index (χ1n) is 3.70. The smallest absolute Gasteiger partial charge is 0.0957 e. The summed E-state index contributed by atoms with van der Waals surface area (Å²) in [5.41, 5.74) is 5.56. The topological polar surface area (TPSA) is 61.8 Å². The van der Waals surface area contributed by atoms with Crippen molar-refractivity contribution in [2.45, 2.75) is 18.9 Å². The maximum absolute atomic E-state index is 8.49. The molecule has 1 aliphatic heterocycles. The minimum Gasteiger partial charge on any atom is -0.317 e. The lowest BCUT2D eigenvalue weighted by Gasteiger charge is -2.23. The fourth-order valence-electron chi connectivity index (χ4n) is 1.31. The van der Waals surface area contributed by atoms with Crippen molar-refractivity contribution in [2.75, 3.05) is 13.1 Å². The zero-order valence-corrected chi connectivity index (χ0v) is 6.01. The van der Waals surface area contributed by atoms with Gasteiger partial charge in [-0.15, -0.1) is 0 Å². The van der Waals surface area contributed by atoms with E-state index in [-0.39, 0.29) is 6.04 Å². The molecule has 0 bridgehead atoms. The first-order chi connectivity index (χ1) is 4.84. The minimum atomic E-state index is -0.248. The molecule has 3 nitrogen and oxygen atoms in total. The fourth-order valence-corrected chi connectivity index (χ4v) is 1.31. The van der Waals surface area contributed by atoms with E-state index in [9.17, 15) is 0 Å². The van der Waals surface area contributed by atoms with Gasteiger partial charge in [-0.25, -0.2) is 0 Å². The molecule has 1 heterocycles. The molecule has 3 heteroatoms. The summed E-state index contributed by atoms with van der Waals surface area (Å²) in [5.74, 6) is 0.422. The van der Waals surface area contributed by atoms with Gasteiger partial charge in [-0.3, -0.25) is 0 Å². The van der Waals surface area contributed by atoms with Crippen LogP contribution in [0.2, 0.25) is 0 Å². The van der Waals surface area contributed by atoms with Crippen LogP contribution in [0, 0.1) is 17.2 Å². The Morgan fingerprint density at radius 3 is 2.60 bits per heavy atom. The quantitative estimate of drug-likeness (QED) is 0.530. The predicted molar refractivity (Wildman–Crippen MR) is 39.2 cm³/mol. The molecule has 0 radical (unpaired) electrons. The SMILES string of the molecule is N#CC(N)C1CCNCC1. The van der Waals surface area contributed by atoms with E-state index in [0.29, 0.717) is 5.92 Å². The number of rotatable bonds is 1. The van der Waals surface area contributed by atoms with Gasteiger partial charge >= 0.3 is 0 Å². The molecule has 1 aliphatic rings. The molecule has 1 fully saturated rings. The summed E-state index contributed by atoms with van der Waals surface area (Å²) in [6, 6.07) is 1.84. The molecule has 0 aliphatic carbocycles. The van der Waals surface area contributed by atoms with Crippen LogP contribution < -0.4 is 11.1 Å². The second-order valence-corrected chi connectivity index (χ2v) is 2.74. The highest BCUT2D eigenvalue weighted by Crippen LogP contribution is 2.13. The Balaban J connectivity index is 2.33. The molecule has 1 atom stereocenters. The van der Waals surface area contributed by atoms with Gasteiger partial charge in [-0.05, 0) is 31.8 Å². The third-order valence-corrected chi connectivity index (χ3v) is 2.04. The van der Waals surface area contributed by atoms with Gasteiger partial charge in [-0.2, -0.15) is 5.26 Å². The van der Waals surface area contributed by atoms with Crippen LogP contribution in [0.5, 0.6) is 0 Å². The lowest BCUT2D eigenvalue weighted by atomic mass is 9.92. The van der Waals surface area contributed by atoms with Crippen LogP contribution in [0.25, 0.3) is 0 Å². The van der Waals surface area contributed by atoms with Gasteiger partial charge in [-0.1, -0.05) is 0 Å². The number of nitrogens with two attached hydrogens (primary N) is 1. The summed E-state index contributed by atoms with van der Waals surface area (Å²) < 4.78 is 0. The number of nitrogens with zero attached hydrogens (tertiary/aromatic N) is 1. The normalized spacial score (nSPS) is 23.6. The van der Waals surface area contributed by atoms with Gasteiger partial charge in [0.15, 0.2) is 0 Å². The van der Waals surface area contributed by atoms with Gasteiger partial charge in [0.05, 0.1) is 12.1 Å². The Morgan fingerprint density at radius 2 is 2.10 bits per heavy atom. The average Bonchev–Trinajstić information content (AvgIpc) is 2.05. The van der Waals surface area contributed by atoms with E-state index in [1.165, 1.54) is 0 Å². The van der Waals surface area contributed by atoms with Crippen molar-refractivity contribution in [1.29, 1.82) is 5.26 Å². The fraction of sp³-hybridized carbons (Fsp3) is 0.857. The van der Waals surface area contributed by atoms with Crippen LogP contribution in [0.1, 0.15) is 12.8 Å². The molecule has 10 heavy (non-hydrogen) atoms. The maximum atomic E-state index is 8.49. The van der Waals surface area contributed by atoms with Crippen molar-refractivity contribution in [3.63, 3.8) is 0 Å². The predicted octanol–water partition coefficient (Wildman–Crippen LogP) is -0.163. The van der Waals surface area contributed by atoms with Crippen LogP contribution in [-0.4, -0.2) is 19.1 Å². The summed E-state index contributed by atoms with van der Waals surface area (Å²) in [6.45, 7) is 2.03. The van der Waals surface area contributed by atoms with Crippen molar-refractivity contribution >= 4 is 0 Å². The molecule has 1 unspecified atom stereocenters. The monoisotopic (exact) mass is 139 g/mol. The summed E-state index contributed by atoms with van der Waals surface area (Å²) in [4.78, 5) is 0. The molecule has 0 aromatic heterocycles. The Kier molecular flexibility index (Phi) is 2.67. The van der Waals surface area contributed by atoms with E-state index < -0.39 is 0 Å². The third-order valence-electron chi connectivity index (χ3n) is 2.04. The van der Waals surface area contributed by atoms with E-state index in [1.54, 1.807) is 0 Å². The number of nitriles is 1. The molecule has 0 aromatic rings. The Hall–Kier alpha value is -0.590. The zero-order chi connectivity index (χ0) is 7.40. The lowest BCUT2D eigenvalue weighted by molar-refractivity contribution is 0.351. The molecule has 0 amide bonds. The first-order valence-corrected chi connectivity index (χ1v) is 3.70. The highest BCUT2D eigenvalue weighted by atomic mass is 14.9. The molecular formula is C7H13N3. The van der Waals surface area contributed by atoms with Crippen molar-refractivity contribution in [3.8, 4) is 6.07 Å². The number of hydrogen-bond acceptors (Lipinski definition) is 3. The Labute approximate surface area is 61.2 Å². The summed E-state index contributed by atoms with van der Waals surface area (Å²) in [7, 11) is 0. The van der Waals surface area contributed by atoms with E-state index >= 15 is 0 Å². The zero-order valence-electron chi connectivity index (χ0n) is 6.01. The number of nitrogens with one attached hydrogen (secondary N) is 1. The largest absolute Gasteiger partial charge is 0.317 e. The third kappa shape index (κ3) is 1.69. The highest BCUT2D eigenvalue weighted by Gasteiger charge is 2.19.